The fourth-order valence-corrected chi connectivity index (χ4v) is 1.99. The molecule has 106 valence electrons. The predicted octanol–water partition coefficient (Wildman–Crippen LogP) is 1.99. The topological polar surface area (TPSA) is 96.2 Å². The Morgan fingerprint density at radius 1 is 1.21 bits per heavy atom. The summed E-state index contributed by atoms with van der Waals surface area (Å²) in [5.41, 5.74) is -2.27. The average molecular weight is 319 g/mol. The molecule has 0 amide bonds. The van der Waals surface area contributed by atoms with Gasteiger partial charge in [-0.3, -0.25) is 4.52 Å². The maximum absolute atomic E-state index is 12.7. The van der Waals surface area contributed by atoms with Crippen LogP contribution in [0.5, 0.6) is 0 Å². The third-order valence-corrected chi connectivity index (χ3v) is 2.73. The highest BCUT2D eigenvalue weighted by Gasteiger charge is 2.48. The molecule has 1 rings (SSSR count). The molecule has 0 heterocycles. The van der Waals surface area contributed by atoms with Gasteiger partial charge in [-0.05, 0) is 10.6 Å². The molecule has 3 unspecified atom stereocenters. The van der Waals surface area contributed by atoms with E-state index >= 15 is 0 Å². The zero-order chi connectivity index (χ0) is 14.7. The van der Waals surface area contributed by atoms with Crippen molar-refractivity contribution in [3.05, 3.63) is 35.4 Å². The Morgan fingerprint density at radius 3 is 2.16 bits per heavy atom. The van der Waals surface area contributed by atoms with E-state index in [0.29, 0.717) is 6.07 Å². The van der Waals surface area contributed by atoms with Crippen LogP contribution in [0, 0.1) is 0 Å². The lowest BCUT2D eigenvalue weighted by Gasteiger charge is -2.23. The van der Waals surface area contributed by atoms with Crippen molar-refractivity contribution in [3.8, 4) is 0 Å². The SMILES string of the molecule is O=[P+](O)OC(O)(OPO)c1ccccc1C(F)(F)F. The van der Waals surface area contributed by atoms with Gasteiger partial charge in [0.2, 0.25) is 0 Å². The first-order valence-corrected chi connectivity index (χ1v) is 6.50. The van der Waals surface area contributed by atoms with Crippen molar-refractivity contribution in [2.45, 2.75) is 12.1 Å². The van der Waals surface area contributed by atoms with Crippen LogP contribution in [0.1, 0.15) is 11.1 Å². The molecule has 19 heavy (non-hydrogen) atoms. The van der Waals surface area contributed by atoms with Gasteiger partial charge in [-0.25, -0.2) is 0 Å². The van der Waals surface area contributed by atoms with E-state index < -0.39 is 40.6 Å². The number of alkyl halides is 3. The second-order valence-electron chi connectivity index (χ2n) is 3.15. The molecular formula is C8H8F3O6P2+. The van der Waals surface area contributed by atoms with Crippen LogP contribution in [0.4, 0.5) is 13.2 Å². The Kier molecular flexibility index (Phi) is 5.34. The Balaban J connectivity index is 3.34. The summed E-state index contributed by atoms with van der Waals surface area (Å²) in [6.45, 7) is 0. The second kappa shape index (κ2) is 6.19. The molecule has 6 nitrogen and oxygen atoms in total. The Hall–Kier alpha value is -0.660. The summed E-state index contributed by atoms with van der Waals surface area (Å²) in [5, 5.41) is 9.76. The van der Waals surface area contributed by atoms with Crippen molar-refractivity contribution in [1.29, 1.82) is 0 Å². The van der Waals surface area contributed by atoms with E-state index in [4.69, 9.17) is 9.79 Å². The van der Waals surface area contributed by atoms with Crippen molar-refractivity contribution in [3.63, 3.8) is 0 Å². The number of benzene rings is 1. The summed E-state index contributed by atoms with van der Waals surface area (Å²) in [6.07, 6.45) is -4.85. The normalized spacial score (nSPS) is 16.6. The first-order valence-electron chi connectivity index (χ1n) is 4.52. The van der Waals surface area contributed by atoms with Gasteiger partial charge in [0.05, 0.1) is 11.1 Å². The van der Waals surface area contributed by atoms with Crippen LogP contribution in [0.15, 0.2) is 24.3 Å². The highest BCUT2D eigenvalue weighted by atomic mass is 31.1. The Morgan fingerprint density at radius 2 is 1.74 bits per heavy atom. The van der Waals surface area contributed by atoms with Crippen LogP contribution in [0.3, 0.4) is 0 Å². The zero-order valence-electron chi connectivity index (χ0n) is 8.96. The summed E-state index contributed by atoms with van der Waals surface area (Å²) in [4.78, 5) is 17.1. The lowest BCUT2D eigenvalue weighted by molar-refractivity contribution is -0.285. The fraction of sp³-hybridized carbons (Fsp3) is 0.250. The van der Waals surface area contributed by atoms with Gasteiger partial charge in [0.25, 0.3) is 0 Å². The monoisotopic (exact) mass is 319 g/mol. The maximum Gasteiger partial charge on any atom is 0.700 e. The van der Waals surface area contributed by atoms with Crippen molar-refractivity contribution >= 4 is 17.3 Å². The van der Waals surface area contributed by atoms with E-state index in [1.54, 1.807) is 0 Å². The minimum atomic E-state index is -4.85. The second-order valence-corrected chi connectivity index (χ2v) is 4.19. The van der Waals surface area contributed by atoms with Gasteiger partial charge in [-0.1, -0.05) is 18.2 Å². The van der Waals surface area contributed by atoms with Gasteiger partial charge in [-0.15, -0.1) is 4.89 Å². The van der Waals surface area contributed by atoms with E-state index in [2.05, 4.69) is 9.05 Å². The largest absolute Gasteiger partial charge is 0.700 e. The lowest BCUT2D eigenvalue weighted by atomic mass is 10.1. The van der Waals surface area contributed by atoms with Crippen LogP contribution in [-0.2, 0) is 25.8 Å². The van der Waals surface area contributed by atoms with E-state index in [1.165, 1.54) is 0 Å². The van der Waals surface area contributed by atoms with Gasteiger partial charge < -0.3 is 10.00 Å². The number of rotatable bonds is 5. The third-order valence-electron chi connectivity index (χ3n) is 1.96. The Labute approximate surface area is 107 Å². The third kappa shape index (κ3) is 4.15. The molecule has 1 aromatic carbocycles. The molecule has 3 N–H and O–H groups in total. The molecule has 1 aromatic rings. The van der Waals surface area contributed by atoms with Gasteiger partial charge >= 0.3 is 20.4 Å². The predicted molar refractivity (Wildman–Crippen MR) is 57.9 cm³/mol. The molecule has 0 saturated carbocycles. The van der Waals surface area contributed by atoms with Crippen LogP contribution in [0.2, 0.25) is 0 Å². The molecule has 3 atom stereocenters. The first kappa shape index (κ1) is 16.4. The molecule has 11 heteroatoms. The van der Waals surface area contributed by atoms with Crippen LogP contribution >= 0.6 is 17.3 Å². The summed E-state index contributed by atoms with van der Waals surface area (Å²) >= 11 is 0. The van der Waals surface area contributed by atoms with Gasteiger partial charge in [-0.2, -0.15) is 13.2 Å². The van der Waals surface area contributed by atoms with E-state index in [-0.39, 0.29) is 0 Å². The average Bonchev–Trinajstić information content (AvgIpc) is 2.27. The summed E-state index contributed by atoms with van der Waals surface area (Å²) in [5.74, 6) is -3.18. The number of hydrogen-bond acceptors (Lipinski definition) is 5. The lowest BCUT2D eigenvalue weighted by Crippen LogP contribution is -2.31. The van der Waals surface area contributed by atoms with Crippen molar-refractivity contribution in [2.24, 2.45) is 0 Å². The maximum atomic E-state index is 12.7. The molecule has 0 aromatic heterocycles. The number of hydrogen-bond donors (Lipinski definition) is 3. The minimum Gasteiger partial charge on any atom is -0.352 e. The molecule has 0 aliphatic rings. The molecule has 0 aliphatic carbocycles. The van der Waals surface area contributed by atoms with Gasteiger partial charge in [0.1, 0.15) is 0 Å². The number of halogens is 3. The van der Waals surface area contributed by atoms with Crippen LogP contribution in [0.25, 0.3) is 0 Å². The van der Waals surface area contributed by atoms with Gasteiger partial charge in [0, 0.05) is 4.57 Å². The fourth-order valence-electron chi connectivity index (χ4n) is 1.30. The van der Waals surface area contributed by atoms with E-state index in [1.807, 2.05) is 0 Å². The molecule has 0 aliphatic heterocycles. The quantitative estimate of drug-likeness (QED) is 0.567. The van der Waals surface area contributed by atoms with Crippen LogP contribution < -0.4 is 0 Å². The molecule has 0 radical (unpaired) electrons. The van der Waals surface area contributed by atoms with E-state index in [0.717, 1.165) is 18.2 Å². The minimum absolute atomic E-state index is 0.623. The van der Waals surface area contributed by atoms with Crippen molar-refractivity contribution in [1.82, 2.24) is 0 Å². The summed E-state index contributed by atoms with van der Waals surface area (Å²) in [6, 6.07) is 3.60. The van der Waals surface area contributed by atoms with E-state index in [9.17, 15) is 22.8 Å². The molecular weight excluding hydrogens is 311 g/mol. The highest BCUT2D eigenvalue weighted by molar-refractivity contribution is 7.32. The van der Waals surface area contributed by atoms with Crippen molar-refractivity contribution < 1.29 is 41.7 Å². The first-order chi connectivity index (χ1) is 8.70. The standard InChI is InChI=1S/C8H7F3O6P2/c9-7(10,11)5-3-1-2-4-6(5)8(12,16-18-13)17-19(14)15/h1-4,12-13,18H/p+1. The molecule has 0 bridgehead atoms. The molecule has 0 saturated heterocycles. The summed E-state index contributed by atoms with van der Waals surface area (Å²) < 4.78 is 57.0. The van der Waals surface area contributed by atoms with Crippen molar-refractivity contribution in [2.75, 3.05) is 0 Å². The Bertz CT molecular complexity index is 468. The molecule has 0 fully saturated rings. The number of aliphatic hydroxyl groups is 1. The van der Waals surface area contributed by atoms with Crippen LogP contribution in [-0.4, -0.2) is 14.9 Å². The zero-order valence-corrected chi connectivity index (χ0v) is 10.9. The smallest absolute Gasteiger partial charge is 0.352 e. The highest BCUT2D eigenvalue weighted by Crippen LogP contribution is 2.43. The molecule has 0 spiro atoms. The summed E-state index contributed by atoms with van der Waals surface area (Å²) in [7, 11) is -4.94. The van der Waals surface area contributed by atoms with Gasteiger partial charge in [0.15, 0.2) is 9.03 Å².